The Kier molecular flexibility index (Phi) is 4.30. The molecule has 0 spiro atoms. The number of benzene rings is 1. The number of nitrogens with zero attached hydrogens (tertiary/aromatic N) is 1. The fourth-order valence-corrected chi connectivity index (χ4v) is 2.69. The number of carbonyl (C=O) groups is 1. The lowest BCUT2D eigenvalue weighted by Gasteiger charge is -2.25. The Balaban J connectivity index is 2.26. The van der Waals surface area contributed by atoms with Crippen LogP contribution < -0.4 is 10.5 Å². The summed E-state index contributed by atoms with van der Waals surface area (Å²) < 4.78 is 5.52. The molecule has 0 heterocycles. The molecule has 1 saturated carbocycles. The lowest BCUT2D eigenvalue weighted by atomic mass is 10.1. The molecule has 0 saturated heterocycles. The van der Waals surface area contributed by atoms with E-state index in [1.54, 1.807) is 12.1 Å². The van der Waals surface area contributed by atoms with Crippen molar-refractivity contribution in [2.24, 2.45) is 0 Å². The van der Waals surface area contributed by atoms with E-state index in [4.69, 9.17) is 10.5 Å². The van der Waals surface area contributed by atoms with Crippen molar-refractivity contribution in [3.8, 4) is 5.75 Å². The number of anilines is 1. The number of carbonyl (C=O) groups excluding carboxylic acids is 1. The lowest BCUT2D eigenvalue weighted by Crippen LogP contribution is -2.35. The second-order valence-electron chi connectivity index (χ2n) is 5.01. The Morgan fingerprint density at radius 2 is 2.11 bits per heavy atom. The van der Waals surface area contributed by atoms with Gasteiger partial charge in [-0.05, 0) is 31.9 Å². The van der Waals surface area contributed by atoms with E-state index in [9.17, 15) is 4.79 Å². The van der Waals surface area contributed by atoms with Crippen molar-refractivity contribution in [2.75, 3.05) is 19.4 Å². The quantitative estimate of drug-likeness (QED) is 0.849. The van der Waals surface area contributed by atoms with Crippen molar-refractivity contribution in [1.82, 2.24) is 4.90 Å². The third kappa shape index (κ3) is 2.83. The minimum Gasteiger partial charge on any atom is -0.493 e. The van der Waals surface area contributed by atoms with E-state index in [1.807, 2.05) is 24.9 Å². The first-order chi connectivity index (χ1) is 9.15. The number of ether oxygens (including phenoxy) is 1. The summed E-state index contributed by atoms with van der Waals surface area (Å²) in [6, 6.07) is 5.70. The number of rotatable bonds is 4. The Morgan fingerprint density at radius 1 is 1.42 bits per heavy atom. The van der Waals surface area contributed by atoms with Gasteiger partial charge in [-0.3, -0.25) is 4.79 Å². The summed E-state index contributed by atoms with van der Waals surface area (Å²) >= 11 is 0. The maximum atomic E-state index is 12.6. The van der Waals surface area contributed by atoms with Crippen LogP contribution in [0.3, 0.4) is 0 Å². The SMILES string of the molecule is CCOc1cccc(N)c1C(=O)N(C)C1CCCC1. The normalized spacial score (nSPS) is 15.5. The Bertz CT molecular complexity index is 453. The van der Waals surface area contributed by atoms with Crippen LogP contribution in [-0.4, -0.2) is 30.5 Å². The first-order valence-corrected chi connectivity index (χ1v) is 6.93. The van der Waals surface area contributed by atoms with Gasteiger partial charge in [0.15, 0.2) is 0 Å². The summed E-state index contributed by atoms with van der Waals surface area (Å²) in [7, 11) is 1.86. The molecule has 0 aliphatic heterocycles. The standard InChI is InChI=1S/C15H22N2O2/c1-3-19-13-10-6-9-12(16)14(13)15(18)17(2)11-7-4-5-8-11/h6,9-11H,3-5,7-8,16H2,1-2H3. The summed E-state index contributed by atoms with van der Waals surface area (Å²) in [5.41, 5.74) is 6.95. The van der Waals surface area contributed by atoms with E-state index < -0.39 is 0 Å². The highest BCUT2D eigenvalue weighted by molar-refractivity contribution is 6.01. The van der Waals surface area contributed by atoms with Gasteiger partial charge in [0.25, 0.3) is 5.91 Å². The van der Waals surface area contributed by atoms with Crippen molar-refractivity contribution in [2.45, 2.75) is 38.6 Å². The zero-order valence-corrected chi connectivity index (χ0v) is 11.7. The van der Waals surface area contributed by atoms with Gasteiger partial charge in [0.05, 0.1) is 6.61 Å². The predicted molar refractivity (Wildman–Crippen MR) is 76.4 cm³/mol. The molecule has 1 aliphatic carbocycles. The number of amides is 1. The molecule has 0 aromatic heterocycles. The highest BCUT2D eigenvalue weighted by atomic mass is 16.5. The predicted octanol–water partition coefficient (Wildman–Crippen LogP) is 2.68. The fourth-order valence-electron chi connectivity index (χ4n) is 2.69. The average molecular weight is 262 g/mol. The van der Waals surface area contributed by atoms with Crippen LogP contribution in [0.25, 0.3) is 0 Å². The van der Waals surface area contributed by atoms with Crippen molar-refractivity contribution >= 4 is 11.6 Å². The number of nitrogens with two attached hydrogens (primary N) is 1. The monoisotopic (exact) mass is 262 g/mol. The zero-order chi connectivity index (χ0) is 13.8. The molecule has 4 nitrogen and oxygen atoms in total. The van der Waals surface area contributed by atoms with Gasteiger partial charge in [0.2, 0.25) is 0 Å². The third-order valence-electron chi connectivity index (χ3n) is 3.76. The highest BCUT2D eigenvalue weighted by Gasteiger charge is 2.27. The highest BCUT2D eigenvalue weighted by Crippen LogP contribution is 2.29. The molecule has 19 heavy (non-hydrogen) atoms. The van der Waals surface area contributed by atoms with E-state index >= 15 is 0 Å². The van der Waals surface area contributed by atoms with E-state index in [2.05, 4.69) is 0 Å². The second-order valence-corrected chi connectivity index (χ2v) is 5.01. The Hall–Kier alpha value is -1.71. The van der Waals surface area contributed by atoms with Gasteiger partial charge in [-0.2, -0.15) is 0 Å². The van der Waals surface area contributed by atoms with Crippen LogP contribution in [0, 0.1) is 0 Å². The molecule has 2 N–H and O–H groups in total. The Morgan fingerprint density at radius 3 is 2.74 bits per heavy atom. The van der Waals surface area contributed by atoms with Gasteiger partial charge in [0, 0.05) is 18.8 Å². The maximum absolute atomic E-state index is 12.6. The Labute approximate surface area is 114 Å². The molecule has 1 aromatic rings. The smallest absolute Gasteiger partial charge is 0.259 e. The van der Waals surface area contributed by atoms with Gasteiger partial charge in [-0.15, -0.1) is 0 Å². The van der Waals surface area contributed by atoms with Crippen LogP contribution in [0.15, 0.2) is 18.2 Å². The molecule has 0 atom stereocenters. The first kappa shape index (κ1) is 13.7. The zero-order valence-electron chi connectivity index (χ0n) is 11.7. The molecule has 0 unspecified atom stereocenters. The molecular weight excluding hydrogens is 240 g/mol. The van der Waals surface area contributed by atoms with Gasteiger partial charge in [-0.25, -0.2) is 0 Å². The number of hydrogen-bond donors (Lipinski definition) is 1. The van der Waals surface area contributed by atoms with Crippen LogP contribution in [0.4, 0.5) is 5.69 Å². The molecule has 0 bridgehead atoms. The van der Waals surface area contributed by atoms with Crippen LogP contribution in [0.1, 0.15) is 43.0 Å². The van der Waals surface area contributed by atoms with Crippen LogP contribution in [0.5, 0.6) is 5.75 Å². The average Bonchev–Trinajstić information content (AvgIpc) is 2.91. The van der Waals surface area contributed by atoms with E-state index in [0.29, 0.717) is 29.6 Å². The summed E-state index contributed by atoms with van der Waals surface area (Å²) in [5.74, 6) is 0.547. The van der Waals surface area contributed by atoms with Crippen LogP contribution in [0.2, 0.25) is 0 Å². The largest absolute Gasteiger partial charge is 0.493 e. The van der Waals surface area contributed by atoms with Crippen molar-refractivity contribution in [1.29, 1.82) is 0 Å². The van der Waals surface area contributed by atoms with Crippen LogP contribution >= 0.6 is 0 Å². The van der Waals surface area contributed by atoms with Crippen LogP contribution in [-0.2, 0) is 0 Å². The molecule has 4 heteroatoms. The van der Waals surface area contributed by atoms with E-state index in [-0.39, 0.29) is 5.91 Å². The minimum atomic E-state index is -0.0338. The van der Waals surface area contributed by atoms with Gasteiger partial charge < -0.3 is 15.4 Å². The van der Waals surface area contributed by atoms with E-state index in [0.717, 1.165) is 12.8 Å². The molecule has 1 amide bonds. The molecular formula is C15H22N2O2. The van der Waals surface area contributed by atoms with E-state index in [1.165, 1.54) is 12.8 Å². The second kappa shape index (κ2) is 5.95. The molecule has 1 fully saturated rings. The molecule has 1 aliphatic rings. The fraction of sp³-hybridized carbons (Fsp3) is 0.533. The summed E-state index contributed by atoms with van der Waals surface area (Å²) in [4.78, 5) is 14.4. The summed E-state index contributed by atoms with van der Waals surface area (Å²) in [6.07, 6.45) is 4.56. The third-order valence-corrected chi connectivity index (χ3v) is 3.76. The van der Waals surface area contributed by atoms with Crippen molar-refractivity contribution < 1.29 is 9.53 Å². The van der Waals surface area contributed by atoms with Gasteiger partial charge >= 0.3 is 0 Å². The maximum Gasteiger partial charge on any atom is 0.259 e. The van der Waals surface area contributed by atoms with Crippen molar-refractivity contribution in [3.05, 3.63) is 23.8 Å². The van der Waals surface area contributed by atoms with Gasteiger partial charge in [-0.1, -0.05) is 18.9 Å². The lowest BCUT2D eigenvalue weighted by molar-refractivity contribution is 0.0732. The van der Waals surface area contributed by atoms with Crippen molar-refractivity contribution in [3.63, 3.8) is 0 Å². The minimum absolute atomic E-state index is 0.0338. The number of nitrogen functional groups attached to an aromatic ring is 1. The summed E-state index contributed by atoms with van der Waals surface area (Å²) in [5, 5.41) is 0. The summed E-state index contributed by atoms with van der Waals surface area (Å²) in [6.45, 7) is 2.43. The molecule has 0 radical (unpaired) electrons. The molecule has 2 rings (SSSR count). The van der Waals surface area contributed by atoms with Gasteiger partial charge in [0.1, 0.15) is 11.3 Å². The first-order valence-electron chi connectivity index (χ1n) is 6.93. The molecule has 1 aromatic carbocycles. The number of hydrogen-bond acceptors (Lipinski definition) is 3. The molecule has 104 valence electrons. The topological polar surface area (TPSA) is 55.6 Å².